The van der Waals surface area contributed by atoms with Gasteiger partial charge in [-0.2, -0.15) is 8.42 Å². The van der Waals surface area contributed by atoms with Gasteiger partial charge >= 0.3 is 22.1 Å². The van der Waals surface area contributed by atoms with Crippen LogP contribution in [0.1, 0.15) is 58.4 Å². The van der Waals surface area contributed by atoms with Crippen molar-refractivity contribution in [1.29, 1.82) is 0 Å². The van der Waals surface area contributed by atoms with Crippen LogP contribution in [0.5, 0.6) is 17.2 Å². The van der Waals surface area contributed by atoms with E-state index in [1.54, 1.807) is 140 Å². The van der Waals surface area contributed by atoms with Crippen molar-refractivity contribution in [2.75, 3.05) is 13.2 Å². The van der Waals surface area contributed by atoms with E-state index < -0.39 is 43.6 Å². The Balaban J connectivity index is 1.61. The molecular weight excluding hydrogens is 767 g/mol. The maximum Gasteiger partial charge on any atom is 0.344 e. The molecule has 11 nitrogen and oxygen atoms in total. The van der Waals surface area contributed by atoms with E-state index >= 15 is 0 Å². The highest BCUT2D eigenvalue weighted by molar-refractivity contribution is 8.33. The molecule has 1 aromatic heterocycles. The minimum Gasteiger partial charge on any atom is -0.487 e. The van der Waals surface area contributed by atoms with Crippen molar-refractivity contribution >= 4 is 32.4 Å². The highest BCUT2D eigenvalue weighted by Crippen LogP contribution is 2.70. The van der Waals surface area contributed by atoms with Gasteiger partial charge in [-0.05, 0) is 168 Å². The molecule has 0 aliphatic carbocycles. The molecule has 0 N–H and O–H groups in total. The second-order valence-corrected chi connectivity index (χ2v) is 19.5. The van der Waals surface area contributed by atoms with Crippen LogP contribution in [0.3, 0.4) is 0 Å². The van der Waals surface area contributed by atoms with Gasteiger partial charge in [0.2, 0.25) is 0 Å². The summed E-state index contributed by atoms with van der Waals surface area (Å²) >= 11 is 0. The Morgan fingerprint density at radius 1 is 0.596 bits per heavy atom. The van der Waals surface area contributed by atoms with Crippen LogP contribution < -0.4 is 14.2 Å². The zero-order valence-corrected chi connectivity index (χ0v) is 35.1. The van der Waals surface area contributed by atoms with Gasteiger partial charge in [-0.3, -0.25) is 4.98 Å². The summed E-state index contributed by atoms with van der Waals surface area (Å²) in [6.45, 7) is 13.7. The second-order valence-electron chi connectivity index (χ2n) is 15.1. The molecule has 5 rings (SSSR count). The van der Waals surface area contributed by atoms with E-state index in [1.165, 1.54) is 0 Å². The van der Waals surface area contributed by atoms with Gasteiger partial charge < -0.3 is 23.7 Å². The van der Waals surface area contributed by atoms with Crippen molar-refractivity contribution < 1.29 is 45.3 Å². The molecule has 5 aromatic rings. The van der Waals surface area contributed by atoms with Gasteiger partial charge in [-0.15, -0.1) is 0 Å². The topological polar surface area (TPSA) is 137 Å². The molecule has 0 unspecified atom stereocenters. The minimum absolute atomic E-state index is 0.0318. The third kappa shape index (κ3) is 11.8. The quantitative estimate of drug-likeness (QED) is 0.0936. The number of aryl methyl sites for hydroxylation is 2. The van der Waals surface area contributed by atoms with E-state index in [4.69, 9.17) is 27.3 Å². The standard InChI is InChI=1S/C44H49NO10S2/c1-31-12-13-32(2)40(27-31)57(48,49)55-56(37-20-14-34(15-21-37)50-28-33-11-9-10-26-45-33,38-22-16-35(17-23-38)51-29-41(46)53-43(3,4)5)39-24-18-36(19-25-39)52-30-42(47)54-44(6,7)8/h9-27H,28-30H2,1-8H3. The number of esters is 2. The fraction of sp³-hybridized carbons (Fsp3) is 0.295. The maximum absolute atomic E-state index is 14.6. The molecule has 0 amide bonds. The first kappa shape index (κ1) is 42.8. The molecule has 57 heavy (non-hydrogen) atoms. The molecule has 1 heterocycles. The summed E-state index contributed by atoms with van der Waals surface area (Å²) in [5.74, 6) is 0.188. The van der Waals surface area contributed by atoms with Crippen molar-refractivity contribution in [3.63, 3.8) is 0 Å². The zero-order chi connectivity index (χ0) is 41.4. The van der Waals surface area contributed by atoms with E-state index in [-0.39, 0.29) is 24.7 Å². The Morgan fingerprint density at radius 3 is 1.47 bits per heavy atom. The van der Waals surface area contributed by atoms with Gasteiger partial charge in [0, 0.05) is 20.9 Å². The first-order valence-corrected chi connectivity index (χ1v) is 21.2. The number of aromatic nitrogens is 1. The molecular formula is C44H49NO10S2. The molecule has 0 fully saturated rings. The number of pyridine rings is 1. The number of hydrogen-bond acceptors (Lipinski definition) is 11. The van der Waals surface area contributed by atoms with Crippen LogP contribution in [0.25, 0.3) is 0 Å². The fourth-order valence-corrected chi connectivity index (χ4v) is 11.0. The maximum atomic E-state index is 14.6. The van der Waals surface area contributed by atoms with E-state index in [2.05, 4.69) is 4.98 Å². The lowest BCUT2D eigenvalue weighted by atomic mass is 10.2. The Labute approximate surface area is 336 Å². The number of carbonyl (C=O) groups excluding carboxylic acids is 2. The van der Waals surface area contributed by atoms with E-state index in [0.29, 0.717) is 37.5 Å². The number of rotatable bonds is 15. The van der Waals surface area contributed by atoms with E-state index in [9.17, 15) is 18.0 Å². The highest BCUT2D eigenvalue weighted by atomic mass is 32.3. The molecule has 0 saturated heterocycles. The molecule has 302 valence electrons. The van der Waals surface area contributed by atoms with E-state index in [0.717, 1.165) is 11.3 Å². The van der Waals surface area contributed by atoms with Gasteiger partial charge in [0.25, 0.3) is 0 Å². The van der Waals surface area contributed by atoms with Gasteiger partial charge in [0.15, 0.2) is 13.2 Å². The molecule has 0 atom stereocenters. The number of hydrogen-bond donors (Lipinski definition) is 0. The summed E-state index contributed by atoms with van der Waals surface area (Å²) in [4.78, 5) is 30.7. The van der Waals surface area contributed by atoms with Gasteiger partial charge in [-0.1, -0.05) is 18.2 Å². The smallest absolute Gasteiger partial charge is 0.344 e. The van der Waals surface area contributed by atoms with Crippen LogP contribution in [0.4, 0.5) is 0 Å². The van der Waals surface area contributed by atoms with Crippen LogP contribution in [-0.2, 0) is 39.4 Å². The fourth-order valence-electron chi connectivity index (χ4n) is 5.52. The summed E-state index contributed by atoms with van der Waals surface area (Å²) in [7, 11) is -7.60. The summed E-state index contributed by atoms with van der Waals surface area (Å²) < 4.78 is 64.2. The normalized spacial score (nSPS) is 12.4. The predicted molar refractivity (Wildman–Crippen MR) is 217 cm³/mol. The summed E-state index contributed by atoms with van der Waals surface area (Å²) in [5.41, 5.74) is 0.648. The van der Waals surface area contributed by atoms with Crippen molar-refractivity contribution in [1.82, 2.24) is 4.98 Å². The minimum atomic E-state index is -4.46. The molecule has 0 radical (unpaired) electrons. The SMILES string of the molecule is Cc1ccc(C)c(S(=O)(=O)OS(c2ccc(OCC(=O)OC(C)(C)C)cc2)(c2ccc(OCC(=O)OC(C)(C)C)cc2)c2ccc(OCc3ccccn3)cc2)c1. The van der Waals surface area contributed by atoms with Gasteiger partial charge in [0.05, 0.1) is 10.6 Å². The molecule has 4 aromatic carbocycles. The van der Waals surface area contributed by atoms with Crippen molar-refractivity contribution in [3.05, 3.63) is 132 Å². The average molecular weight is 816 g/mol. The van der Waals surface area contributed by atoms with Crippen molar-refractivity contribution in [2.45, 2.75) is 92.8 Å². The van der Waals surface area contributed by atoms with Gasteiger partial charge in [0.1, 0.15) is 35.1 Å². The van der Waals surface area contributed by atoms with Crippen molar-refractivity contribution in [2.24, 2.45) is 0 Å². The molecule has 0 saturated carbocycles. The molecule has 0 aliphatic heterocycles. The average Bonchev–Trinajstić information content (AvgIpc) is 3.15. The lowest BCUT2D eigenvalue weighted by Gasteiger charge is -2.39. The molecule has 0 spiro atoms. The first-order chi connectivity index (χ1) is 26.8. The Morgan fingerprint density at radius 2 is 1.05 bits per heavy atom. The highest BCUT2D eigenvalue weighted by Gasteiger charge is 2.39. The number of nitrogens with zero attached hydrogens (tertiary/aromatic N) is 1. The van der Waals surface area contributed by atoms with Gasteiger partial charge in [-0.25, -0.2) is 13.2 Å². The second kappa shape index (κ2) is 17.8. The Bertz CT molecular complexity index is 2170. The number of benzene rings is 4. The Kier molecular flexibility index (Phi) is 13.4. The van der Waals surface area contributed by atoms with E-state index in [1.807, 2.05) is 31.2 Å². The lowest BCUT2D eigenvalue weighted by molar-refractivity contribution is -0.158. The predicted octanol–water partition coefficient (Wildman–Crippen LogP) is 9.32. The van der Waals surface area contributed by atoms with Crippen LogP contribution >= 0.6 is 10.3 Å². The van der Waals surface area contributed by atoms with Crippen LogP contribution in [0.2, 0.25) is 0 Å². The molecule has 0 aliphatic rings. The van der Waals surface area contributed by atoms with Crippen molar-refractivity contribution in [3.8, 4) is 17.2 Å². The van der Waals surface area contributed by atoms with Crippen LogP contribution in [0.15, 0.2) is 135 Å². The number of carbonyl (C=O) groups is 2. The molecule has 13 heteroatoms. The summed E-state index contributed by atoms with van der Waals surface area (Å²) in [5, 5.41) is 0. The lowest BCUT2D eigenvalue weighted by Crippen LogP contribution is -2.27. The zero-order valence-electron chi connectivity index (χ0n) is 33.4. The largest absolute Gasteiger partial charge is 0.487 e. The monoisotopic (exact) mass is 815 g/mol. The summed E-state index contributed by atoms with van der Waals surface area (Å²) in [6, 6.07) is 31.3. The van der Waals surface area contributed by atoms with Crippen LogP contribution in [-0.4, -0.2) is 49.8 Å². The Hall–Kier alpha value is -5.37. The third-order valence-corrected chi connectivity index (χ3v) is 13.3. The van der Waals surface area contributed by atoms with Crippen LogP contribution in [0, 0.1) is 13.8 Å². The number of ether oxygens (including phenoxy) is 5. The molecule has 0 bridgehead atoms. The third-order valence-electron chi connectivity index (χ3n) is 7.94. The summed E-state index contributed by atoms with van der Waals surface area (Å²) in [6.07, 6.45) is 1.69. The first-order valence-electron chi connectivity index (χ1n) is 18.2.